The van der Waals surface area contributed by atoms with Crippen LogP contribution in [0.25, 0.3) is 21.5 Å². The van der Waals surface area contributed by atoms with E-state index in [1.54, 1.807) is 12.1 Å². The van der Waals surface area contributed by atoms with Gasteiger partial charge < -0.3 is 4.55 Å². The van der Waals surface area contributed by atoms with E-state index in [4.69, 9.17) is 0 Å². The molecule has 19 heavy (non-hydrogen) atoms. The van der Waals surface area contributed by atoms with Crippen LogP contribution in [0.2, 0.25) is 0 Å². The van der Waals surface area contributed by atoms with Crippen molar-refractivity contribution in [2.24, 2.45) is 0 Å². The van der Waals surface area contributed by atoms with E-state index < -0.39 is 10.1 Å². The van der Waals surface area contributed by atoms with Crippen LogP contribution in [-0.2, 0) is 10.1 Å². The molecule has 0 atom stereocenters. The maximum Gasteiger partial charge on any atom is 1.00 e. The Morgan fingerprint density at radius 2 is 1.42 bits per heavy atom. The van der Waals surface area contributed by atoms with Gasteiger partial charge >= 0.3 is 29.6 Å². The third-order valence-corrected chi connectivity index (χ3v) is 3.91. The molecule has 0 aliphatic rings. The SMILES string of the molecule is O=S(=O)([O-])c1cccc2c1ccc1ccccc12.[Na+]. The fourth-order valence-corrected chi connectivity index (χ4v) is 2.92. The van der Waals surface area contributed by atoms with E-state index in [9.17, 15) is 13.0 Å². The van der Waals surface area contributed by atoms with Gasteiger partial charge in [0, 0.05) is 0 Å². The molecule has 0 saturated heterocycles. The van der Waals surface area contributed by atoms with E-state index in [2.05, 4.69) is 0 Å². The van der Waals surface area contributed by atoms with Gasteiger partial charge in [-0.1, -0.05) is 48.5 Å². The Hall–Kier alpha value is -0.910. The fourth-order valence-electron chi connectivity index (χ4n) is 2.23. The van der Waals surface area contributed by atoms with Gasteiger partial charge in [-0.05, 0) is 27.6 Å². The molecule has 3 rings (SSSR count). The molecule has 3 nitrogen and oxygen atoms in total. The number of fused-ring (bicyclic) bond motifs is 3. The van der Waals surface area contributed by atoms with Crippen molar-refractivity contribution in [1.29, 1.82) is 0 Å². The van der Waals surface area contributed by atoms with E-state index in [1.807, 2.05) is 36.4 Å². The van der Waals surface area contributed by atoms with Crippen LogP contribution in [0.1, 0.15) is 0 Å². The summed E-state index contributed by atoms with van der Waals surface area (Å²) in [7, 11) is -4.45. The molecule has 0 bridgehead atoms. The molecule has 3 aromatic rings. The molecule has 3 aromatic carbocycles. The van der Waals surface area contributed by atoms with Gasteiger partial charge in [0.05, 0.1) is 4.90 Å². The van der Waals surface area contributed by atoms with Crippen molar-refractivity contribution in [3.63, 3.8) is 0 Å². The van der Waals surface area contributed by atoms with Crippen LogP contribution in [0.3, 0.4) is 0 Å². The first kappa shape index (κ1) is 14.5. The van der Waals surface area contributed by atoms with Gasteiger partial charge in [-0.2, -0.15) is 0 Å². The number of hydrogen-bond acceptors (Lipinski definition) is 3. The van der Waals surface area contributed by atoms with E-state index in [0.717, 1.165) is 16.2 Å². The van der Waals surface area contributed by atoms with Gasteiger partial charge in [0.2, 0.25) is 0 Å². The minimum atomic E-state index is -4.45. The Labute approximate surface area is 133 Å². The van der Waals surface area contributed by atoms with Crippen molar-refractivity contribution < 1.29 is 42.5 Å². The van der Waals surface area contributed by atoms with Crippen molar-refractivity contribution >= 4 is 31.7 Å². The second-order valence-electron chi connectivity index (χ2n) is 4.09. The summed E-state index contributed by atoms with van der Waals surface area (Å²) >= 11 is 0. The zero-order valence-corrected chi connectivity index (χ0v) is 13.1. The van der Waals surface area contributed by atoms with E-state index in [-0.39, 0.29) is 34.5 Å². The first-order chi connectivity index (χ1) is 8.57. The molecule has 0 aliphatic carbocycles. The van der Waals surface area contributed by atoms with Gasteiger partial charge in [-0.15, -0.1) is 0 Å². The van der Waals surface area contributed by atoms with Crippen molar-refractivity contribution in [3.05, 3.63) is 54.6 Å². The molecule has 90 valence electrons. The van der Waals surface area contributed by atoms with Crippen LogP contribution in [0.4, 0.5) is 0 Å². The van der Waals surface area contributed by atoms with Gasteiger partial charge in [0.25, 0.3) is 0 Å². The number of hydrogen-bond donors (Lipinski definition) is 0. The van der Waals surface area contributed by atoms with Gasteiger partial charge in [-0.25, -0.2) is 8.42 Å². The predicted molar refractivity (Wildman–Crippen MR) is 69.4 cm³/mol. The molecule has 0 N–H and O–H groups in total. The molecule has 0 aliphatic heterocycles. The Balaban J connectivity index is 0.00000133. The van der Waals surface area contributed by atoms with Crippen LogP contribution in [-0.4, -0.2) is 13.0 Å². The summed E-state index contributed by atoms with van der Waals surface area (Å²) < 4.78 is 33.7. The number of benzene rings is 3. The standard InChI is InChI=1S/C14H10O3S.Na/c15-18(16,17)14-7-3-6-12-11-5-2-1-4-10(11)8-9-13(12)14;/h1-9H,(H,15,16,17);/q;+1/p-1. The molecule has 0 spiro atoms. The van der Waals surface area contributed by atoms with Gasteiger partial charge in [0.1, 0.15) is 10.1 Å². The van der Waals surface area contributed by atoms with E-state index in [1.165, 1.54) is 6.07 Å². The van der Waals surface area contributed by atoms with Gasteiger partial charge in [0.15, 0.2) is 0 Å². The molecule has 0 fully saturated rings. The predicted octanol–water partition coefficient (Wildman–Crippen LogP) is -0.0989. The van der Waals surface area contributed by atoms with Crippen molar-refractivity contribution in [2.75, 3.05) is 0 Å². The Morgan fingerprint density at radius 3 is 2.16 bits per heavy atom. The minimum absolute atomic E-state index is 0. The fraction of sp³-hybridized carbons (Fsp3) is 0. The first-order valence-electron chi connectivity index (χ1n) is 5.44. The molecule has 0 aromatic heterocycles. The molecule has 5 heteroatoms. The van der Waals surface area contributed by atoms with E-state index in [0.29, 0.717) is 5.39 Å². The van der Waals surface area contributed by atoms with Crippen molar-refractivity contribution in [2.45, 2.75) is 4.90 Å². The largest absolute Gasteiger partial charge is 1.00 e. The zero-order chi connectivity index (χ0) is 12.8. The van der Waals surface area contributed by atoms with Crippen molar-refractivity contribution in [1.82, 2.24) is 0 Å². The summed E-state index contributed by atoms with van der Waals surface area (Å²) in [5.41, 5.74) is 0. The van der Waals surface area contributed by atoms with Gasteiger partial charge in [-0.3, -0.25) is 0 Å². The Morgan fingerprint density at radius 1 is 0.737 bits per heavy atom. The molecular weight excluding hydrogens is 271 g/mol. The summed E-state index contributed by atoms with van der Waals surface area (Å²) in [6.07, 6.45) is 0. The molecule has 0 unspecified atom stereocenters. The molecule has 0 saturated carbocycles. The monoisotopic (exact) mass is 280 g/mol. The summed E-state index contributed by atoms with van der Waals surface area (Å²) in [6, 6.07) is 16.0. The minimum Gasteiger partial charge on any atom is -0.744 e. The summed E-state index contributed by atoms with van der Waals surface area (Å²) in [4.78, 5) is -0.161. The summed E-state index contributed by atoms with van der Waals surface area (Å²) in [5, 5.41) is 3.22. The molecular formula is C14H9NaO3S. The average Bonchev–Trinajstić information content (AvgIpc) is 2.36. The normalized spacial score (nSPS) is 11.4. The third kappa shape index (κ3) is 2.55. The van der Waals surface area contributed by atoms with Crippen LogP contribution in [0.15, 0.2) is 59.5 Å². The second-order valence-corrected chi connectivity index (χ2v) is 5.44. The Bertz CT molecular complexity index is 857. The molecule has 0 heterocycles. The third-order valence-electron chi connectivity index (χ3n) is 3.02. The van der Waals surface area contributed by atoms with Crippen LogP contribution in [0.5, 0.6) is 0 Å². The second kappa shape index (κ2) is 5.23. The van der Waals surface area contributed by atoms with E-state index >= 15 is 0 Å². The summed E-state index contributed by atoms with van der Waals surface area (Å²) in [6.45, 7) is 0. The quantitative estimate of drug-likeness (QED) is 0.355. The number of rotatable bonds is 1. The van der Waals surface area contributed by atoms with Crippen LogP contribution >= 0.6 is 0 Å². The Kier molecular flexibility index (Phi) is 3.99. The molecule has 0 amide bonds. The topological polar surface area (TPSA) is 57.2 Å². The molecule has 0 radical (unpaired) electrons. The van der Waals surface area contributed by atoms with Crippen LogP contribution < -0.4 is 29.6 Å². The van der Waals surface area contributed by atoms with Crippen LogP contribution in [0, 0.1) is 0 Å². The maximum absolute atomic E-state index is 11.2. The zero-order valence-electron chi connectivity index (χ0n) is 10.3. The first-order valence-corrected chi connectivity index (χ1v) is 6.84. The maximum atomic E-state index is 11.2. The average molecular weight is 280 g/mol. The van der Waals surface area contributed by atoms with Crippen molar-refractivity contribution in [3.8, 4) is 0 Å². The summed E-state index contributed by atoms with van der Waals surface area (Å²) in [5.74, 6) is 0. The smallest absolute Gasteiger partial charge is 0.744 e.